The number of likely N-dealkylation sites (tertiary alicyclic amines) is 2. The van der Waals surface area contributed by atoms with Gasteiger partial charge in [-0.15, -0.1) is 0 Å². The normalized spacial score (nSPS) is 25.8. The molecule has 0 aliphatic carbocycles. The van der Waals surface area contributed by atoms with Crippen molar-refractivity contribution < 1.29 is 0 Å². The Morgan fingerprint density at radius 3 is 1.82 bits per heavy atom. The van der Waals surface area contributed by atoms with Crippen molar-refractivity contribution in [2.75, 3.05) is 26.2 Å². The van der Waals surface area contributed by atoms with Gasteiger partial charge in [-0.05, 0) is 71.9 Å². The van der Waals surface area contributed by atoms with E-state index in [4.69, 9.17) is 0 Å². The second kappa shape index (κ2) is 5.71. The maximum atomic E-state index is 2.64. The van der Waals surface area contributed by atoms with Gasteiger partial charge in [-0.1, -0.05) is 0 Å². The lowest BCUT2D eigenvalue weighted by atomic mass is 9.83. The number of hydrogen-bond donors (Lipinski definition) is 0. The Balaban J connectivity index is 1.63. The highest BCUT2D eigenvalue weighted by Crippen LogP contribution is 2.30. The van der Waals surface area contributed by atoms with Crippen molar-refractivity contribution in [3.05, 3.63) is 0 Å². The maximum Gasteiger partial charge on any atom is 0.00388 e. The molecular formula is C15H30N2. The lowest BCUT2D eigenvalue weighted by molar-refractivity contribution is 0.0406. The number of piperidine rings is 1. The van der Waals surface area contributed by atoms with E-state index in [9.17, 15) is 0 Å². The Bertz CT molecular complexity index is 223. The van der Waals surface area contributed by atoms with Crippen molar-refractivity contribution >= 4 is 0 Å². The molecule has 0 aromatic heterocycles. The summed E-state index contributed by atoms with van der Waals surface area (Å²) in [6.07, 6.45) is 4.38. The van der Waals surface area contributed by atoms with Crippen molar-refractivity contribution in [3.8, 4) is 0 Å². The maximum absolute atomic E-state index is 2.64. The summed E-state index contributed by atoms with van der Waals surface area (Å²) >= 11 is 0. The zero-order chi connectivity index (χ0) is 12.4. The van der Waals surface area contributed by atoms with Gasteiger partial charge >= 0.3 is 0 Å². The summed E-state index contributed by atoms with van der Waals surface area (Å²) in [7, 11) is 0. The van der Waals surface area contributed by atoms with Crippen molar-refractivity contribution in [1.29, 1.82) is 0 Å². The van der Waals surface area contributed by atoms with Crippen molar-refractivity contribution in [2.24, 2.45) is 11.8 Å². The topological polar surface area (TPSA) is 6.48 Å². The van der Waals surface area contributed by atoms with E-state index in [1.807, 2.05) is 0 Å². The van der Waals surface area contributed by atoms with E-state index in [1.54, 1.807) is 0 Å². The third kappa shape index (κ3) is 3.45. The van der Waals surface area contributed by atoms with Crippen LogP contribution in [0.1, 0.15) is 47.0 Å². The molecule has 2 rings (SSSR count). The predicted molar refractivity (Wildman–Crippen MR) is 74.2 cm³/mol. The summed E-state index contributed by atoms with van der Waals surface area (Å²) in [4.78, 5) is 5.24. The van der Waals surface area contributed by atoms with Crippen LogP contribution in [-0.4, -0.2) is 48.1 Å². The first kappa shape index (κ1) is 13.4. The van der Waals surface area contributed by atoms with Crippen LogP contribution in [-0.2, 0) is 0 Å². The van der Waals surface area contributed by atoms with Gasteiger partial charge in [0, 0.05) is 25.2 Å². The molecule has 2 nitrogen and oxygen atoms in total. The number of hydrogen-bond acceptors (Lipinski definition) is 2. The molecule has 2 heteroatoms. The Morgan fingerprint density at radius 2 is 1.35 bits per heavy atom. The van der Waals surface area contributed by atoms with Crippen LogP contribution in [0.5, 0.6) is 0 Å². The highest BCUT2D eigenvalue weighted by atomic mass is 15.2. The highest BCUT2D eigenvalue weighted by molar-refractivity contribution is 4.85. The zero-order valence-corrected chi connectivity index (χ0v) is 12.2. The van der Waals surface area contributed by atoms with Gasteiger partial charge < -0.3 is 9.80 Å². The molecule has 17 heavy (non-hydrogen) atoms. The van der Waals surface area contributed by atoms with E-state index >= 15 is 0 Å². The van der Waals surface area contributed by atoms with Gasteiger partial charge in [0.1, 0.15) is 0 Å². The molecule has 0 bridgehead atoms. The van der Waals surface area contributed by atoms with Gasteiger partial charge in [-0.2, -0.15) is 0 Å². The highest BCUT2D eigenvalue weighted by Gasteiger charge is 2.31. The summed E-state index contributed by atoms with van der Waals surface area (Å²) < 4.78 is 0. The minimum Gasteiger partial charge on any atom is -0.301 e. The monoisotopic (exact) mass is 238 g/mol. The molecule has 2 saturated heterocycles. The quantitative estimate of drug-likeness (QED) is 0.743. The van der Waals surface area contributed by atoms with Crippen LogP contribution in [0.2, 0.25) is 0 Å². The molecule has 0 N–H and O–H groups in total. The van der Waals surface area contributed by atoms with E-state index in [1.165, 1.54) is 45.4 Å². The zero-order valence-electron chi connectivity index (χ0n) is 12.2. The van der Waals surface area contributed by atoms with Gasteiger partial charge in [-0.25, -0.2) is 0 Å². The van der Waals surface area contributed by atoms with Crippen LogP contribution < -0.4 is 0 Å². The molecule has 0 aromatic rings. The predicted octanol–water partition coefficient (Wildman–Crippen LogP) is 2.84. The minimum atomic E-state index is 0.746. The molecular weight excluding hydrogens is 208 g/mol. The van der Waals surface area contributed by atoms with Crippen LogP contribution in [0.4, 0.5) is 0 Å². The first-order valence-corrected chi connectivity index (χ1v) is 7.54. The Labute approximate surface area is 107 Å². The van der Waals surface area contributed by atoms with Crippen molar-refractivity contribution in [2.45, 2.75) is 59.0 Å². The number of nitrogens with zero attached hydrogens (tertiary/aromatic N) is 2. The molecule has 0 unspecified atom stereocenters. The molecule has 2 heterocycles. The molecule has 0 saturated carbocycles. The second-order valence-electron chi connectivity index (χ2n) is 6.72. The van der Waals surface area contributed by atoms with Gasteiger partial charge in [0.2, 0.25) is 0 Å². The van der Waals surface area contributed by atoms with Crippen LogP contribution >= 0.6 is 0 Å². The molecule has 0 aromatic carbocycles. The summed E-state index contributed by atoms with van der Waals surface area (Å²) in [5, 5.41) is 0. The van der Waals surface area contributed by atoms with Gasteiger partial charge in [-0.3, -0.25) is 0 Å². The lowest BCUT2D eigenvalue weighted by Gasteiger charge is -2.44. The van der Waals surface area contributed by atoms with Crippen LogP contribution in [0.25, 0.3) is 0 Å². The van der Waals surface area contributed by atoms with Crippen LogP contribution in [0.3, 0.4) is 0 Å². The van der Waals surface area contributed by atoms with Crippen molar-refractivity contribution in [3.63, 3.8) is 0 Å². The SMILES string of the molecule is CC(C)N1CCC(CC2CN(C(C)C)C2)CC1. The van der Waals surface area contributed by atoms with E-state index in [0.717, 1.165) is 23.9 Å². The van der Waals surface area contributed by atoms with Gasteiger partial charge in [0.05, 0.1) is 0 Å². The van der Waals surface area contributed by atoms with E-state index in [-0.39, 0.29) is 0 Å². The third-order valence-electron chi connectivity index (χ3n) is 4.76. The van der Waals surface area contributed by atoms with Crippen LogP contribution in [0, 0.1) is 11.8 Å². The van der Waals surface area contributed by atoms with Crippen molar-refractivity contribution in [1.82, 2.24) is 9.80 Å². The van der Waals surface area contributed by atoms with E-state index in [0.29, 0.717) is 0 Å². The number of rotatable bonds is 4. The average molecular weight is 238 g/mol. The fourth-order valence-corrected chi connectivity index (χ4v) is 3.36. The minimum absolute atomic E-state index is 0.746. The molecule has 0 amide bonds. The summed E-state index contributed by atoms with van der Waals surface area (Å²) in [5.41, 5.74) is 0. The molecule has 2 aliphatic rings. The average Bonchev–Trinajstić information content (AvgIpc) is 2.23. The second-order valence-corrected chi connectivity index (χ2v) is 6.72. The van der Waals surface area contributed by atoms with E-state index < -0.39 is 0 Å². The summed E-state index contributed by atoms with van der Waals surface area (Å²) in [6, 6.07) is 1.50. The largest absolute Gasteiger partial charge is 0.301 e. The molecule has 0 radical (unpaired) electrons. The van der Waals surface area contributed by atoms with E-state index in [2.05, 4.69) is 37.5 Å². The molecule has 0 spiro atoms. The Hall–Kier alpha value is -0.0800. The summed E-state index contributed by atoms with van der Waals surface area (Å²) in [6.45, 7) is 14.7. The fourth-order valence-electron chi connectivity index (χ4n) is 3.36. The molecule has 2 aliphatic heterocycles. The molecule has 0 atom stereocenters. The van der Waals surface area contributed by atoms with Gasteiger partial charge in [0.15, 0.2) is 0 Å². The third-order valence-corrected chi connectivity index (χ3v) is 4.76. The molecule has 100 valence electrons. The Kier molecular flexibility index (Phi) is 4.48. The van der Waals surface area contributed by atoms with Crippen LogP contribution in [0.15, 0.2) is 0 Å². The van der Waals surface area contributed by atoms with Gasteiger partial charge in [0.25, 0.3) is 0 Å². The fraction of sp³-hybridized carbons (Fsp3) is 1.00. The summed E-state index contributed by atoms with van der Waals surface area (Å²) in [5.74, 6) is 2.03. The standard InChI is InChI=1S/C15H30N2/c1-12(2)16-7-5-14(6-8-16)9-15-10-17(11-15)13(3)4/h12-15H,5-11H2,1-4H3. The molecule has 2 fully saturated rings. The first-order chi connectivity index (χ1) is 8.06. The Morgan fingerprint density at radius 1 is 0.824 bits per heavy atom. The smallest absolute Gasteiger partial charge is 0.00388 e. The lowest BCUT2D eigenvalue weighted by Crippen LogP contribution is -2.51. The first-order valence-electron chi connectivity index (χ1n) is 7.54.